The normalized spacial score (nSPS) is 11.5. The third-order valence-corrected chi connectivity index (χ3v) is 4.48. The van der Waals surface area contributed by atoms with Crippen molar-refractivity contribution in [1.82, 2.24) is 9.71 Å². The molecule has 0 aliphatic heterocycles. The lowest BCUT2D eigenvalue weighted by Crippen LogP contribution is -2.26. The molecule has 112 valence electrons. The fourth-order valence-electron chi connectivity index (χ4n) is 1.66. The summed E-state index contributed by atoms with van der Waals surface area (Å²) in [5.41, 5.74) is 0.250. The number of hydrogen-bond donors (Lipinski definition) is 2. The molecule has 0 fully saturated rings. The number of pyridine rings is 1. The Morgan fingerprint density at radius 1 is 1.24 bits per heavy atom. The summed E-state index contributed by atoms with van der Waals surface area (Å²) in [6.45, 7) is 0.144. The van der Waals surface area contributed by atoms with Gasteiger partial charge in [0.2, 0.25) is 10.0 Å². The van der Waals surface area contributed by atoms with Crippen molar-refractivity contribution in [1.29, 1.82) is 0 Å². The van der Waals surface area contributed by atoms with Gasteiger partial charge in [-0.1, -0.05) is 23.7 Å². The van der Waals surface area contributed by atoms with Crippen LogP contribution in [0.5, 0.6) is 0 Å². The summed E-state index contributed by atoms with van der Waals surface area (Å²) < 4.78 is 39.1. The van der Waals surface area contributed by atoms with Crippen LogP contribution in [0.3, 0.4) is 0 Å². The lowest BCUT2D eigenvalue weighted by atomic mass is 10.1. The summed E-state index contributed by atoms with van der Waals surface area (Å²) in [5, 5.41) is -0.198. The number of halogens is 2. The molecular formula is C13H12ClFN2O3S. The van der Waals surface area contributed by atoms with Gasteiger partial charge < -0.3 is 4.98 Å². The molecule has 0 spiro atoms. The first-order chi connectivity index (χ1) is 9.88. The Balaban J connectivity index is 2.02. The topological polar surface area (TPSA) is 79.0 Å². The highest BCUT2D eigenvalue weighted by molar-refractivity contribution is 7.89. The minimum atomic E-state index is -3.76. The fraction of sp³-hybridized carbons (Fsp3) is 0.154. The first-order valence-corrected chi connectivity index (χ1v) is 7.87. The van der Waals surface area contributed by atoms with Crippen LogP contribution in [0.25, 0.3) is 0 Å². The molecule has 0 atom stereocenters. The minimum Gasteiger partial charge on any atom is -0.326 e. The number of rotatable bonds is 5. The molecule has 5 nitrogen and oxygen atoms in total. The van der Waals surface area contributed by atoms with Gasteiger partial charge in [0.25, 0.3) is 5.56 Å². The zero-order valence-corrected chi connectivity index (χ0v) is 12.3. The van der Waals surface area contributed by atoms with Crippen LogP contribution < -0.4 is 10.3 Å². The zero-order valence-electron chi connectivity index (χ0n) is 10.8. The van der Waals surface area contributed by atoms with Gasteiger partial charge in [-0.3, -0.25) is 4.79 Å². The predicted molar refractivity (Wildman–Crippen MR) is 77.4 cm³/mol. The van der Waals surface area contributed by atoms with Crippen LogP contribution in [0.4, 0.5) is 4.39 Å². The Kier molecular flexibility index (Phi) is 4.76. The summed E-state index contributed by atoms with van der Waals surface area (Å²) in [6, 6.07) is 6.87. The molecule has 0 saturated carbocycles. The Morgan fingerprint density at radius 2 is 1.90 bits per heavy atom. The van der Waals surface area contributed by atoms with Crippen molar-refractivity contribution >= 4 is 21.6 Å². The Hall–Kier alpha value is -1.70. The van der Waals surface area contributed by atoms with Gasteiger partial charge in [-0.2, -0.15) is 0 Å². The summed E-state index contributed by atoms with van der Waals surface area (Å²) in [4.78, 5) is 13.2. The summed E-state index contributed by atoms with van der Waals surface area (Å²) in [6.07, 6.45) is 1.49. The van der Waals surface area contributed by atoms with E-state index >= 15 is 0 Å². The molecule has 21 heavy (non-hydrogen) atoms. The molecule has 0 unspecified atom stereocenters. The molecule has 0 aliphatic carbocycles. The SMILES string of the molecule is O=c1[nH]cc(S(=O)(=O)NCCc2ccc(F)cc2)cc1Cl. The lowest BCUT2D eigenvalue weighted by Gasteiger charge is -2.07. The van der Waals surface area contributed by atoms with Crippen LogP contribution in [0.15, 0.2) is 46.2 Å². The van der Waals surface area contributed by atoms with Gasteiger partial charge in [0.15, 0.2) is 0 Å². The second-order valence-corrected chi connectivity index (χ2v) is 6.46. The molecule has 1 heterocycles. The third kappa shape index (κ3) is 4.13. The number of aromatic nitrogens is 1. The van der Waals surface area contributed by atoms with E-state index in [1.54, 1.807) is 12.1 Å². The maximum absolute atomic E-state index is 12.7. The van der Waals surface area contributed by atoms with E-state index in [1.807, 2.05) is 0 Å². The molecule has 2 aromatic rings. The second-order valence-electron chi connectivity index (χ2n) is 4.29. The van der Waals surface area contributed by atoms with Gasteiger partial charge in [-0.25, -0.2) is 17.5 Å². The van der Waals surface area contributed by atoms with Crippen molar-refractivity contribution in [2.75, 3.05) is 6.54 Å². The molecule has 0 bridgehead atoms. The Labute approximate surface area is 125 Å². The van der Waals surface area contributed by atoms with Gasteiger partial charge >= 0.3 is 0 Å². The quantitative estimate of drug-likeness (QED) is 0.875. The van der Waals surface area contributed by atoms with E-state index in [2.05, 4.69) is 9.71 Å². The van der Waals surface area contributed by atoms with Crippen LogP contribution in [0.1, 0.15) is 5.56 Å². The third-order valence-electron chi connectivity index (χ3n) is 2.76. The Morgan fingerprint density at radius 3 is 2.52 bits per heavy atom. The van der Waals surface area contributed by atoms with Crippen molar-refractivity contribution in [2.24, 2.45) is 0 Å². The van der Waals surface area contributed by atoms with Crippen LogP contribution in [0.2, 0.25) is 5.02 Å². The summed E-state index contributed by atoms with van der Waals surface area (Å²) in [5.74, 6) is -0.345. The van der Waals surface area contributed by atoms with Crippen molar-refractivity contribution in [3.63, 3.8) is 0 Å². The zero-order chi connectivity index (χ0) is 15.5. The summed E-state index contributed by atoms with van der Waals surface area (Å²) in [7, 11) is -3.76. The molecule has 1 aromatic carbocycles. The number of aromatic amines is 1. The number of benzene rings is 1. The maximum atomic E-state index is 12.7. The van der Waals surface area contributed by atoms with E-state index in [0.717, 1.165) is 17.8 Å². The van der Waals surface area contributed by atoms with Crippen molar-refractivity contribution < 1.29 is 12.8 Å². The van der Waals surface area contributed by atoms with Gasteiger partial charge in [-0.15, -0.1) is 0 Å². The first-order valence-electron chi connectivity index (χ1n) is 6.01. The fourth-order valence-corrected chi connectivity index (χ4v) is 2.92. The maximum Gasteiger partial charge on any atom is 0.266 e. The van der Waals surface area contributed by atoms with Crippen molar-refractivity contribution in [3.05, 3.63) is 63.3 Å². The van der Waals surface area contributed by atoms with E-state index < -0.39 is 15.6 Å². The van der Waals surface area contributed by atoms with Crippen molar-refractivity contribution in [3.8, 4) is 0 Å². The monoisotopic (exact) mass is 330 g/mol. The largest absolute Gasteiger partial charge is 0.326 e. The summed E-state index contributed by atoms with van der Waals surface area (Å²) >= 11 is 5.59. The highest BCUT2D eigenvalue weighted by atomic mass is 35.5. The molecule has 0 amide bonds. The second kappa shape index (κ2) is 6.38. The molecular weight excluding hydrogens is 319 g/mol. The van der Waals surface area contributed by atoms with Crippen LogP contribution in [-0.2, 0) is 16.4 Å². The van der Waals surface area contributed by atoms with Gasteiger partial charge in [0, 0.05) is 12.7 Å². The van der Waals surface area contributed by atoms with Crippen LogP contribution in [0, 0.1) is 5.82 Å². The standard InChI is InChI=1S/C13H12ClFN2O3S/c14-12-7-11(8-16-13(12)18)21(19,20)17-6-5-9-1-3-10(15)4-2-9/h1-4,7-8,17H,5-6H2,(H,16,18). The number of hydrogen-bond acceptors (Lipinski definition) is 3. The molecule has 0 aliphatic rings. The highest BCUT2D eigenvalue weighted by Gasteiger charge is 2.15. The first kappa shape index (κ1) is 15.7. The van der Waals surface area contributed by atoms with E-state index in [4.69, 9.17) is 11.6 Å². The van der Waals surface area contributed by atoms with Crippen molar-refractivity contribution in [2.45, 2.75) is 11.3 Å². The minimum absolute atomic E-state index is 0.119. The van der Waals surface area contributed by atoms with E-state index in [1.165, 1.54) is 12.1 Å². The average molecular weight is 331 g/mol. The molecule has 2 rings (SSSR count). The van der Waals surface area contributed by atoms with E-state index in [-0.39, 0.29) is 22.3 Å². The van der Waals surface area contributed by atoms with Crippen LogP contribution >= 0.6 is 11.6 Å². The molecule has 1 aromatic heterocycles. The van der Waals surface area contributed by atoms with Crippen LogP contribution in [-0.4, -0.2) is 19.9 Å². The van der Waals surface area contributed by atoms with Gasteiger partial charge in [0.1, 0.15) is 10.8 Å². The van der Waals surface area contributed by atoms with E-state index in [0.29, 0.717) is 6.42 Å². The average Bonchev–Trinajstić information content (AvgIpc) is 2.44. The highest BCUT2D eigenvalue weighted by Crippen LogP contribution is 2.10. The predicted octanol–water partition coefficient (Wildman–Crippen LogP) is 1.69. The number of sulfonamides is 1. The van der Waals surface area contributed by atoms with Gasteiger partial charge in [0.05, 0.1) is 4.90 Å². The van der Waals surface area contributed by atoms with E-state index in [9.17, 15) is 17.6 Å². The molecule has 2 N–H and O–H groups in total. The molecule has 0 radical (unpaired) electrons. The smallest absolute Gasteiger partial charge is 0.266 e. The Bertz CT molecular complexity index is 788. The number of nitrogens with one attached hydrogen (secondary N) is 2. The molecule has 8 heteroatoms. The van der Waals surface area contributed by atoms with Gasteiger partial charge in [-0.05, 0) is 30.2 Å². The molecule has 0 saturated heterocycles. The lowest BCUT2D eigenvalue weighted by molar-refractivity contribution is 0.581. The number of H-pyrrole nitrogens is 1.